The fourth-order valence-corrected chi connectivity index (χ4v) is 4.21. The number of nitrogens with zero attached hydrogens (tertiary/aromatic N) is 6. The lowest BCUT2D eigenvalue weighted by Crippen LogP contribution is -2.53. The molecule has 0 bridgehead atoms. The molecular weight excluding hydrogens is 358 g/mol. The van der Waals surface area contributed by atoms with E-state index in [-0.39, 0.29) is 11.6 Å². The monoisotopic (exact) mass is 379 g/mol. The Morgan fingerprint density at radius 2 is 2.11 bits per heavy atom. The highest BCUT2D eigenvalue weighted by molar-refractivity contribution is 6.02. The highest BCUT2D eigenvalue weighted by atomic mass is 16.5. The molecule has 0 radical (unpaired) electrons. The molecule has 4 heterocycles. The van der Waals surface area contributed by atoms with Crippen LogP contribution in [0.4, 0.5) is 11.6 Å². The summed E-state index contributed by atoms with van der Waals surface area (Å²) in [6.45, 7) is 2.92. The number of aromatic nitrogens is 5. The minimum atomic E-state index is -0.368. The molecular formula is C19H21N7O2. The van der Waals surface area contributed by atoms with Crippen LogP contribution in [0.25, 0.3) is 5.65 Å². The quantitative estimate of drug-likeness (QED) is 0.741. The summed E-state index contributed by atoms with van der Waals surface area (Å²) in [5.41, 5.74) is 1.68. The van der Waals surface area contributed by atoms with E-state index >= 15 is 0 Å². The molecule has 9 heteroatoms. The second-order valence-corrected chi connectivity index (χ2v) is 7.37. The summed E-state index contributed by atoms with van der Waals surface area (Å²) in [6.07, 6.45) is 10.6. The number of rotatable bonds is 4. The van der Waals surface area contributed by atoms with Gasteiger partial charge in [0.15, 0.2) is 5.82 Å². The van der Waals surface area contributed by atoms with Gasteiger partial charge in [0.05, 0.1) is 31.4 Å². The first-order valence-electron chi connectivity index (χ1n) is 9.43. The molecule has 1 aliphatic carbocycles. The Hall–Kier alpha value is -3.23. The van der Waals surface area contributed by atoms with Gasteiger partial charge in [-0.2, -0.15) is 4.98 Å². The Balaban J connectivity index is 1.33. The van der Waals surface area contributed by atoms with Crippen molar-refractivity contribution >= 4 is 23.2 Å². The Labute approximate surface area is 161 Å². The van der Waals surface area contributed by atoms with Crippen molar-refractivity contribution in [3.8, 4) is 5.88 Å². The molecule has 1 saturated heterocycles. The van der Waals surface area contributed by atoms with E-state index < -0.39 is 0 Å². The van der Waals surface area contributed by atoms with Crippen LogP contribution >= 0.6 is 0 Å². The van der Waals surface area contributed by atoms with Crippen LogP contribution in [0.5, 0.6) is 5.88 Å². The van der Waals surface area contributed by atoms with E-state index in [1.165, 1.54) is 32.6 Å². The fraction of sp³-hybridized carbons (Fsp3) is 0.421. The summed E-state index contributed by atoms with van der Waals surface area (Å²) in [5.74, 6) is 1.97. The molecule has 1 amide bonds. The number of carbonyl (C=O) groups is 1. The van der Waals surface area contributed by atoms with Crippen LogP contribution in [0.3, 0.4) is 0 Å². The minimum absolute atomic E-state index is 0.245. The molecule has 1 saturated carbocycles. The number of fused-ring (bicyclic) bond motifs is 2. The molecule has 2 atom stereocenters. The van der Waals surface area contributed by atoms with Gasteiger partial charge in [-0.05, 0) is 25.7 Å². The Bertz CT molecular complexity index is 1050. The molecule has 0 aromatic carbocycles. The van der Waals surface area contributed by atoms with E-state index in [9.17, 15) is 4.79 Å². The number of imidazole rings is 1. The standard InChI is InChI=1S/C19H21N7O2/c1-11-8-25-10-15(24-19(28-2)17(25)22-11)23-18(27)13-6-21-16(7-20-13)26-9-12-4-3-5-14(12)26/h6-8,10,12,14H,3-5,9H2,1-2H3,(H,23,27). The number of methoxy groups -OCH3 is 1. The van der Waals surface area contributed by atoms with Crippen LogP contribution in [0.2, 0.25) is 0 Å². The Morgan fingerprint density at radius 3 is 2.86 bits per heavy atom. The van der Waals surface area contributed by atoms with Crippen molar-refractivity contribution in [3.05, 3.63) is 36.2 Å². The third-order valence-corrected chi connectivity index (χ3v) is 5.58. The summed E-state index contributed by atoms with van der Waals surface area (Å²) in [7, 11) is 1.52. The molecule has 2 aliphatic rings. The highest BCUT2D eigenvalue weighted by Gasteiger charge is 2.42. The van der Waals surface area contributed by atoms with Crippen molar-refractivity contribution in [3.63, 3.8) is 0 Å². The number of anilines is 2. The van der Waals surface area contributed by atoms with E-state index in [1.807, 2.05) is 13.1 Å². The van der Waals surface area contributed by atoms with E-state index in [1.54, 1.807) is 16.8 Å². The highest BCUT2D eigenvalue weighted by Crippen LogP contribution is 2.40. The molecule has 28 heavy (non-hydrogen) atoms. The van der Waals surface area contributed by atoms with E-state index in [0.29, 0.717) is 23.4 Å². The van der Waals surface area contributed by atoms with Gasteiger partial charge >= 0.3 is 0 Å². The Kier molecular flexibility index (Phi) is 3.88. The fourth-order valence-electron chi connectivity index (χ4n) is 4.21. The molecule has 1 N–H and O–H groups in total. The summed E-state index contributed by atoms with van der Waals surface area (Å²) < 4.78 is 7.06. The number of aryl methyl sites for hydroxylation is 1. The van der Waals surface area contributed by atoms with Crippen LogP contribution in [0.1, 0.15) is 35.4 Å². The molecule has 144 valence electrons. The van der Waals surface area contributed by atoms with Gasteiger partial charge in [0.25, 0.3) is 11.8 Å². The molecule has 3 aromatic heterocycles. The second-order valence-electron chi connectivity index (χ2n) is 7.37. The van der Waals surface area contributed by atoms with Gasteiger partial charge < -0.3 is 15.0 Å². The largest absolute Gasteiger partial charge is 0.478 e. The lowest BCUT2D eigenvalue weighted by molar-refractivity contribution is 0.102. The van der Waals surface area contributed by atoms with Crippen LogP contribution < -0.4 is 15.0 Å². The predicted octanol–water partition coefficient (Wildman–Crippen LogP) is 2.08. The summed E-state index contributed by atoms with van der Waals surface area (Å²) >= 11 is 0. The van der Waals surface area contributed by atoms with Crippen molar-refractivity contribution in [2.45, 2.75) is 32.2 Å². The van der Waals surface area contributed by atoms with Gasteiger partial charge in [-0.3, -0.25) is 9.20 Å². The lowest BCUT2D eigenvalue weighted by Gasteiger charge is -2.45. The average molecular weight is 379 g/mol. The molecule has 1 aliphatic heterocycles. The van der Waals surface area contributed by atoms with E-state index in [4.69, 9.17) is 4.74 Å². The maximum absolute atomic E-state index is 12.6. The Morgan fingerprint density at radius 1 is 1.21 bits per heavy atom. The topological polar surface area (TPSA) is 97.5 Å². The summed E-state index contributed by atoms with van der Waals surface area (Å²) in [4.78, 5) is 32.3. The van der Waals surface area contributed by atoms with E-state index in [2.05, 4.69) is 30.2 Å². The minimum Gasteiger partial charge on any atom is -0.478 e. The van der Waals surface area contributed by atoms with Gasteiger partial charge in [-0.15, -0.1) is 0 Å². The van der Waals surface area contributed by atoms with Crippen LogP contribution in [0.15, 0.2) is 24.8 Å². The smallest absolute Gasteiger partial charge is 0.277 e. The third kappa shape index (κ3) is 2.74. The lowest BCUT2D eigenvalue weighted by atomic mass is 9.92. The van der Waals surface area contributed by atoms with Gasteiger partial charge in [0.2, 0.25) is 5.65 Å². The van der Waals surface area contributed by atoms with Crippen molar-refractivity contribution in [1.29, 1.82) is 0 Å². The number of hydrogen-bond donors (Lipinski definition) is 1. The molecule has 2 fully saturated rings. The molecule has 9 nitrogen and oxygen atoms in total. The van der Waals surface area contributed by atoms with Crippen LogP contribution in [-0.4, -0.2) is 49.9 Å². The van der Waals surface area contributed by atoms with Crippen molar-refractivity contribution in [1.82, 2.24) is 24.3 Å². The van der Waals surface area contributed by atoms with Gasteiger partial charge in [0.1, 0.15) is 11.5 Å². The molecule has 3 aromatic rings. The maximum atomic E-state index is 12.6. The third-order valence-electron chi connectivity index (χ3n) is 5.58. The maximum Gasteiger partial charge on any atom is 0.277 e. The predicted molar refractivity (Wildman–Crippen MR) is 103 cm³/mol. The first-order valence-corrected chi connectivity index (χ1v) is 9.43. The first-order chi connectivity index (χ1) is 13.6. The van der Waals surface area contributed by atoms with Gasteiger partial charge in [-0.1, -0.05) is 6.42 Å². The SMILES string of the molecule is COc1nc(NC(=O)c2cnc(N3CC4CCCC43)cn2)cn2cc(C)nc12. The molecule has 2 unspecified atom stereocenters. The number of hydrogen-bond acceptors (Lipinski definition) is 7. The zero-order valence-corrected chi connectivity index (χ0v) is 15.8. The van der Waals surface area contributed by atoms with Crippen molar-refractivity contribution < 1.29 is 9.53 Å². The molecule has 0 spiro atoms. The van der Waals surface area contributed by atoms with Crippen LogP contribution in [-0.2, 0) is 0 Å². The van der Waals surface area contributed by atoms with Crippen LogP contribution in [0, 0.1) is 12.8 Å². The number of amides is 1. The average Bonchev–Trinajstić information content (AvgIpc) is 3.23. The van der Waals surface area contributed by atoms with Crippen molar-refractivity contribution in [2.24, 2.45) is 5.92 Å². The first kappa shape index (κ1) is 16.9. The number of nitrogens with one attached hydrogen (secondary N) is 1. The van der Waals surface area contributed by atoms with Crippen molar-refractivity contribution in [2.75, 3.05) is 23.9 Å². The zero-order chi connectivity index (χ0) is 19.3. The van der Waals surface area contributed by atoms with Gasteiger partial charge in [0, 0.05) is 18.8 Å². The second kappa shape index (κ2) is 6.43. The van der Waals surface area contributed by atoms with Gasteiger partial charge in [-0.25, -0.2) is 15.0 Å². The summed E-state index contributed by atoms with van der Waals surface area (Å²) in [5, 5.41) is 2.75. The number of carbonyl (C=O) groups excluding carboxylic acids is 1. The summed E-state index contributed by atoms with van der Waals surface area (Å²) in [6, 6.07) is 0.594. The zero-order valence-electron chi connectivity index (χ0n) is 15.8. The number of ether oxygens (including phenoxy) is 1. The van der Waals surface area contributed by atoms with E-state index in [0.717, 1.165) is 24.0 Å². The normalized spacial score (nSPS) is 20.7. The molecule has 5 rings (SSSR count).